The van der Waals surface area contributed by atoms with Crippen molar-refractivity contribution in [1.82, 2.24) is 19.8 Å². The number of aromatic nitrogens is 4. The summed E-state index contributed by atoms with van der Waals surface area (Å²) in [6.45, 7) is 2.10. The zero-order valence-corrected chi connectivity index (χ0v) is 11.3. The summed E-state index contributed by atoms with van der Waals surface area (Å²) in [5.41, 5.74) is 6.14. The fourth-order valence-corrected chi connectivity index (χ4v) is 3.61. The zero-order valence-electron chi connectivity index (χ0n) is 10.5. The molecule has 1 atom stereocenters. The van der Waals surface area contributed by atoms with Gasteiger partial charge < -0.3 is 5.73 Å². The van der Waals surface area contributed by atoms with Gasteiger partial charge in [0.1, 0.15) is 5.01 Å². The predicted octanol–water partition coefficient (Wildman–Crippen LogP) is 2.04. The third-order valence-corrected chi connectivity index (χ3v) is 5.52. The fourth-order valence-electron chi connectivity index (χ4n) is 2.63. The van der Waals surface area contributed by atoms with Crippen LogP contribution in [0.1, 0.15) is 55.8 Å². The molecular formula is C12H17N5S. The Morgan fingerprint density at radius 3 is 2.67 bits per heavy atom. The molecule has 0 saturated heterocycles. The summed E-state index contributed by atoms with van der Waals surface area (Å²) in [6, 6.07) is 0. The Kier molecular flexibility index (Phi) is 2.12. The quantitative estimate of drug-likeness (QED) is 0.920. The molecule has 2 fully saturated rings. The van der Waals surface area contributed by atoms with E-state index in [4.69, 9.17) is 10.8 Å². The van der Waals surface area contributed by atoms with Gasteiger partial charge in [-0.1, -0.05) is 17.8 Å². The highest BCUT2D eigenvalue weighted by Gasteiger charge is 2.42. The number of nitrogens with zero attached hydrogens (tertiary/aromatic N) is 4. The smallest absolute Gasteiger partial charge is 0.234 e. The molecule has 5 nitrogen and oxygen atoms in total. The van der Waals surface area contributed by atoms with E-state index in [-0.39, 0.29) is 5.54 Å². The van der Waals surface area contributed by atoms with Gasteiger partial charge in [0.2, 0.25) is 4.96 Å². The van der Waals surface area contributed by atoms with E-state index in [2.05, 4.69) is 17.1 Å². The fraction of sp³-hybridized carbons (Fsp3) is 0.750. The third kappa shape index (κ3) is 1.45. The van der Waals surface area contributed by atoms with Crippen LogP contribution in [-0.2, 0) is 5.54 Å². The Morgan fingerprint density at radius 1 is 1.28 bits per heavy atom. The summed E-state index contributed by atoms with van der Waals surface area (Å²) in [7, 11) is 0. The van der Waals surface area contributed by atoms with E-state index in [1.165, 1.54) is 32.1 Å². The highest BCUT2D eigenvalue weighted by atomic mass is 32.1. The van der Waals surface area contributed by atoms with Gasteiger partial charge in [-0.15, -0.1) is 10.2 Å². The largest absolute Gasteiger partial charge is 0.319 e. The van der Waals surface area contributed by atoms with Gasteiger partial charge in [0, 0.05) is 5.92 Å². The van der Waals surface area contributed by atoms with Crippen molar-refractivity contribution >= 4 is 16.3 Å². The van der Waals surface area contributed by atoms with Gasteiger partial charge in [-0.2, -0.15) is 9.61 Å². The van der Waals surface area contributed by atoms with E-state index in [9.17, 15) is 0 Å². The van der Waals surface area contributed by atoms with Crippen molar-refractivity contribution in [3.05, 3.63) is 10.8 Å². The van der Waals surface area contributed by atoms with Crippen LogP contribution in [0.4, 0.5) is 0 Å². The average molecular weight is 263 g/mol. The summed E-state index contributed by atoms with van der Waals surface area (Å²) < 4.78 is 1.93. The highest BCUT2D eigenvalue weighted by molar-refractivity contribution is 7.16. The first-order valence-electron chi connectivity index (χ1n) is 6.68. The van der Waals surface area contributed by atoms with Crippen LogP contribution < -0.4 is 5.73 Å². The molecule has 2 N–H and O–H groups in total. The summed E-state index contributed by atoms with van der Waals surface area (Å²) in [6.07, 6.45) is 6.19. The molecule has 0 aromatic carbocycles. The standard InChI is InChI=1S/C12H17N5S/c1-12(13,8-5-6-8)10-16-17-9(7-3-2-4-7)14-15-11(17)18-10/h7-8H,2-6,13H2,1H3. The number of rotatable bonds is 3. The molecule has 2 heterocycles. The first kappa shape index (κ1) is 10.9. The van der Waals surface area contributed by atoms with E-state index in [1.54, 1.807) is 11.3 Å². The van der Waals surface area contributed by atoms with Crippen molar-refractivity contribution in [1.29, 1.82) is 0 Å². The molecule has 96 valence electrons. The molecule has 2 saturated carbocycles. The van der Waals surface area contributed by atoms with E-state index >= 15 is 0 Å². The minimum atomic E-state index is -0.289. The van der Waals surface area contributed by atoms with Gasteiger partial charge in [0.25, 0.3) is 0 Å². The van der Waals surface area contributed by atoms with Crippen LogP contribution in [0.15, 0.2) is 0 Å². The third-order valence-electron chi connectivity index (χ3n) is 4.37. The van der Waals surface area contributed by atoms with Gasteiger partial charge in [-0.05, 0) is 38.5 Å². The second-order valence-corrected chi connectivity index (χ2v) is 6.80. The lowest BCUT2D eigenvalue weighted by atomic mass is 9.85. The minimum Gasteiger partial charge on any atom is -0.319 e. The lowest BCUT2D eigenvalue weighted by Crippen LogP contribution is -2.35. The Morgan fingerprint density at radius 2 is 2.06 bits per heavy atom. The van der Waals surface area contributed by atoms with Crippen molar-refractivity contribution in [3.8, 4) is 0 Å². The van der Waals surface area contributed by atoms with Crippen LogP contribution in [0.2, 0.25) is 0 Å². The number of hydrogen-bond acceptors (Lipinski definition) is 5. The zero-order chi connectivity index (χ0) is 12.3. The lowest BCUT2D eigenvalue weighted by molar-refractivity contribution is 0.389. The summed E-state index contributed by atoms with van der Waals surface area (Å²) in [4.78, 5) is 0.893. The molecule has 0 bridgehead atoms. The topological polar surface area (TPSA) is 69.1 Å². The first-order chi connectivity index (χ1) is 8.66. The molecule has 0 amide bonds. The van der Waals surface area contributed by atoms with Gasteiger partial charge in [-0.3, -0.25) is 0 Å². The van der Waals surface area contributed by atoms with Gasteiger partial charge in [0.05, 0.1) is 5.54 Å². The van der Waals surface area contributed by atoms with Crippen LogP contribution >= 0.6 is 11.3 Å². The average Bonchev–Trinajstić information content (AvgIpc) is 2.92. The molecule has 0 aliphatic heterocycles. The van der Waals surface area contributed by atoms with Crippen LogP contribution in [-0.4, -0.2) is 19.8 Å². The van der Waals surface area contributed by atoms with Crippen molar-refractivity contribution in [2.75, 3.05) is 0 Å². The van der Waals surface area contributed by atoms with Crippen LogP contribution in [0.5, 0.6) is 0 Å². The molecule has 4 rings (SSSR count). The SMILES string of the molecule is CC(N)(c1nn2c(C3CCC3)nnc2s1)C1CC1. The van der Waals surface area contributed by atoms with Crippen LogP contribution in [0, 0.1) is 5.92 Å². The minimum absolute atomic E-state index is 0.289. The van der Waals surface area contributed by atoms with Gasteiger partial charge in [0.15, 0.2) is 5.82 Å². The Bertz CT molecular complexity index is 591. The molecule has 2 aliphatic carbocycles. The number of fused-ring (bicyclic) bond motifs is 1. The normalized spacial score (nSPS) is 24.1. The second-order valence-electron chi connectivity index (χ2n) is 5.84. The Hall–Kier alpha value is -1.01. The van der Waals surface area contributed by atoms with Crippen molar-refractivity contribution in [2.24, 2.45) is 11.7 Å². The molecule has 0 spiro atoms. The van der Waals surface area contributed by atoms with Crippen molar-refractivity contribution in [2.45, 2.75) is 50.5 Å². The maximum Gasteiger partial charge on any atom is 0.234 e. The van der Waals surface area contributed by atoms with Crippen LogP contribution in [0.3, 0.4) is 0 Å². The van der Waals surface area contributed by atoms with E-state index < -0.39 is 0 Å². The molecule has 1 unspecified atom stereocenters. The maximum atomic E-state index is 6.43. The molecule has 2 aromatic heterocycles. The van der Waals surface area contributed by atoms with E-state index in [0.717, 1.165) is 15.8 Å². The van der Waals surface area contributed by atoms with Gasteiger partial charge >= 0.3 is 0 Å². The predicted molar refractivity (Wildman–Crippen MR) is 69.5 cm³/mol. The number of nitrogens with two attached hydrogens (primary N) is 1. The molecule has 18 heavy (non-hydrogen) atoms. The Balaban J connectivity index is 1.77. The van der Waals surface area contributed by atoms with E-state index in [1.807, 2.05) is 4.52 Å². The maximum absolute atomic E-state index is 6.43. The summed E-state index contributed by atoms with van der Waals surface area (Å²) >= 11 is 1.60. The molecule has 0 radical (unpaired) electrons. The summed E-state index contributed by atoms with van der Waals surface area (Å²) in [5.74, 6) is 2.18. The molecule has 2 aliphatic rings. The Labute approximate surface area is 109 Å². The molecule has 6 heteroatoms. The molecular weight excluding hydrogens is 246 g/mol. The monoisotopic (exact) mass is 263 g/mol. The molecule has 2 aromatic rings. The highest BCUT2D eigenvalue weighted by Crippen LogP contribution is 2.45. The van der Waals surface area contributed by atoms with Crippen molar-refractivity contribution < 1.29 is 0 Å². The van der Waals surface area contributed by atoms with Crippen molar-refractivity contribution in [3.63, 3.8) is 0 Å². The van der Waals surface area contributed by atoms with Gasteiger partial charge in [-0.25, -0.2) is 0 Å². The number of hydrogen-bond donors (Lipinski definition) is 1. The van der Waals surface area contributed by atoms with E-state index in [0.29, 0.717) is 11.8 Å². The lowest BCUT2D eigenvalue weighted by Gasteiger charge is -2.23. The second kappa shape index (κ2) is 3.51. The van der Waals surface area contributed by atoms with Crippen LogP contribution in [0.25, 0.3) is 4.96 Å². The summed E-state index contributed by atoms with van der Waals surface area (Å²) in [5, 5.41) is 14.2. The first-order valence-corrected chi connectivity index (χ1v) is 7.49.